The number of aliphatic imine (C=N–C) groups is 1. The molecule has 70 valence electrons. The number of allylic oxidation sites excluding steroid dienone is 1. The lowest BCUT2D eigenvalue weighted by molar-refractivity contribution is 0.611. The summed E-state index contributed by atoms with van der Waals surface area (Å²) in [6, 6.07) is 0. The van der Waals surface area contributed by atoms with Crippen LogP contribution in [0.5, 0.6) is 0 Å². The fourth-order valence-electron chi connectivity index (χ4n) is 0.410. The largest absolute Gasteiger partial charge is 0.290 e. The van der Waals surface area contributed by atoms with E-state index in [1.54, 1.807) is 6.92 Å². The van der Waals surface area contributed by atoms with Gasteiger partial charge in [-0.1, -0.05) is 0 Å². The molecule has 0 radical (unpaired) electrons. The van der Waals surface area contributed by atoms with E-state index in [2.05, 4.69) is 4.99 Å². The van der Waals surface area contributed by atoms with Crippen molar-refractivity contribution < 1.29 is 12.8 Å². The van der Waals surface area contributed by atoms with Crippen molar-refractivity contribution in [2.45, 2.75) is 6.92 Å². The first-order valence-electron chi connectivity index (χ1n) is 3.23. The summed E-state index contributed by atoms with van der Waals surface area (Å²) in [5, 5.41) is 0. The highest BCUT2D eigenvalue weighted by molar-refractivity contribution is 8.13. The maximum atomic E-state index is 12.5. The van der Waals surface area contributed by atoms with Gasteiger partial charge in [0.05, 0.1) is 12.0 Å². The monoisotopic (exact) mass is 213 g/mol. The van der Waals surface area contributed by atoms with E-state index in [4.69, 9.17) is 10.7 Å². The van der Waals surface area contributed by atoms with Crippen LogP contribution in [0, 0.1) is 0 Å². The quantitative estimate of drug-likeness (QED) is 0.525. The third kappa shape index (κ3) is 7.68. The minimum Gasteiger partial charge on any atom is -0.290 e. The molecule has 0 spiro atoms. The molecule has 3 nitrogen and oxygen atoms in total. The van der Waals surface area contributed by atoms with Gasteiger partial charge in [-0.05, 0) is 13.0 Å². The van der Waals surface area contributed by atoms with Gasteiger partial charge < -0.3 is 0 Å². The van der Waals surface area contributed by atoms with E-state index in [1.807, 2.05) is 0 Å². The van der Waals surface area contributed by atoms with E-state index >= 15 is 0 Å². The van der Waals surface area contributed by atoms with Crippen LogP contribution in [0.1, 0.15) is 6.92 Å². The second kappa shape index (κ2) is 5.27. The number of hydrogen-bond donors (Lipinski definition) is 0. The van der Waals surface area contributed by atoms with Crippen molar-refractivity contribution in [3.8, 4) is 0 Å². The first kappa shape index (κ1) is 11.6. The Morgan fingerprint density at radius 1 is 1.67 bits per heavy atom. The normalized spacial score (nSPS) is 14.1. The first-order chi connectivity index (χ1) is 5.45. The molecule has 0 unspecified atom stereocenters. The Morgan fingerprint density at radius 2 is 2.25 bits per heavy atom. The van der Waals surface area contributed by atoms with Gasteiger partial charge in [0.25, 0.3) is 0 Å². The molecule has 0 rings (SSSR count). The van der Waals surface area contributed by atoms with E-state index in [0.29, 0.717) is 6.54 Å². The van der Waals surface area contributed by atoms with Gasteiger partial charge in [0.15, 0.2) is 0 Å². The van der Waals surface area contributed by atoms with Gasteiger partial charge >= 0.3 is 0 Å². The Morgan fingerprint density at radius 3 is 2.67 bits per heavy atom. The average molecular weight is 214 g/mol. The molecule has 0 aromatic rings. The summed E-state index contributed by atoms with van der Waals surface area (Å²) in [6.45, 7) is 2.19. The molecule has 0 fully saturated rings. The van der Waals surface area contributed by atoms with Gasteiger partial charge in [-0.15, -0.1) is 0 Å². The zero-order chi connectivity index (χ0) is 9.61. The highest BCUT2D eigenvalue weighted by atomic mass is 35.7. The van der Waals surface area contributed by atoms with Gasteiger partial charge in [0.2, 0.25) is 9.05 Å². The zero-order valence-electron chi connectivity index (χ0n) is 6.50. The molecule has 0 aliphatic heterocycles. The average Bonchev–Trinajstić information content (AvgIpc) is 1.95. The molecule has 0 aliphatic carbocycles. The number of rotatable bonds is 4. The molecule has 0 atom stereocenters. The van der Waals surface area contributed by atoms with Crippen LogP contribution >= 0.6 is 10.7 Å². The molecular formula is C6H9ClFNO2S. The van der Waals surface area contributed by atoms with Crippen molar-refractivity contribution in [1.29, 1.82) is 0 Å². The Kier molecular flexibility index (Phi) is 5.08. The summed E-state index contributed by atoms with van der Waals surface area (Å²) in [7, 11) is 1.18. The van der Waals surface area contributed by atoms with Gasteiger partial charge in [-0.3, -0.25) is 4.99 Å². The Bertz CT molecular complexity index is 284. The van der Waals surface area contributed by atoms with E-state index in [1.165, 1.54) is 0 Å². The second-order valence-corrected chi connectivity index (χ2v) is 4.74. The van der Waals surface area contributed by atoms with Crippen molar-refractivity contribution in [3.05, 3.63) is 11.9 Å². The van der Waals surface area contributed by atoms with Crippen LogP contribution < -0.4 is 0 Å². The van der Waals surface area contributed by atoms with Crippen molar-refractivity contribution in [1.82, 2.24) is 0 Å². The molecule has 0 bridgehead atoms. The Balaban J connectivity index is 4.11. The highest BCUT2D eigenvalue weighted by Crippen LogP contribution is 2.00. The Hall–Kier alpha value is -0.420. The summed E-state index contributed by atoms with van der Waals surface area (Å²) < 4.78 is 33.1. The smallest absolute Gasteiger partial charge is 0.236 e. The van der Waals surface area contributed by atoms with Crippen LogP contribution in [-0.2, 0) is 9.05 Å². The zero-order valence-corrected chi connectivity index (χ0v) is 8.07. The molecule has 0 amide bonds. The molecule has 0 N–H and O–H groups in total. The van der Waals surface area contributed by atoms with Crippen LogP contribution in [0.25, 0.3) is 0 Å². The minimum absolute atomic E-state index is 0.453. The minimum atomic E-state index is -3.65. The molecule has 0 heterocycles. The van der Waals surface area contributed by atoms with Crippen molar-refractivity contribution in [2.75, 3.05) is 12.3 Å². The van der Waals surface area contributed by atoms with Gasteiger partial charge in [-0.25, -0.2) is 12.8 Å². The van der Waals surface area contributed by atoms with E-state index < -0.39 is 20.6 Å². The lowest BCUT2D eigenvalue weighted by Crippen LogP contribution is -1.93. The maximum absolute atomic E-state index is 12.5. The third-order valence-corrected chi connectivity index (χ3v) is 1.82. The molecule has 0 aromatic heterocycles. The number of halogens is 2. The predicted molar refractivity (Wildman–Crippen MR) is 47.9 cm³/mol. The number of hydrogen-bond acceptors (Lipinski definition) is 3. The summed E-state index contributed by atoms with van der Waals surface area (Å²) in [5.41, 5.74) is 0. The molecule has 0 aromatic carbocycles. The van der Waals surface area contributed by atoms with Crippen LogP contribution in [0.4, 0.5) is 4.39 Å². The van der Waals surface area contributed by atoms with Gasteiger partial charge in [0, 0.05) is 17.2 Å². The lowest BCUT2D eigenvalue weighted by atomic mass is 10.5. The SMILES string of the molecule is CCN=C/C(F)=C\CS(=O)(=O)Cl. The molecule has 0 saturated carbocycles. The topological polar surface area (TPSA) is 46.5 Å². The van der Waals surface area contributed by atoms with Crippen molar-refractivity contribution in [2.24, 2.45) is 4.99 Å². The summed E-state index contributed by atoms with van der Waals surface area (Å²) in [5.74, 6) is -1.21. The highest BCUT2D eigenvalue weighted by Gasteiger charge is 2.01. The van der Waals surface area contributed by atoms with Crippen molar-refractivity contribution >= 4 is 25.9 Å². The third-order valence-electron chi connectivity index (χ3n) is 0.875. The molecule has 0 saturated heterocycles. The molecular weight excluding hydrogens is 205 g/mol. The molecule has 6 heteroatoms. The van der Waals surface area contributed by atoms with Gasteiger partial charge in [-0.2, -0.15) is 0 Å². The second-order valence-electron chi connectivity index (χ2n) is 1.92. The van der Waals surface area contributed by atoms with E-state index in [0.717, 1.165) is 12.3 Å². The van der Waals surface area contributed by atoms with Crippen LogP contribution in [0.3, 0.4) is 0 Å². The van der Waals surface area contributed by atoms with E-state index in [-0.39, 0.29) is 0 Å². The summed E-state index contributed by atoms with van der Waals surface area (Å²) in [4.78, 5) is 3.57. The first-order valence-corrected chi connectivity index (χ1v) is 5.71. The van der Waals surface area contributed by atoms with Crippen LogP contribution in [-0.4, -0.2) is 26.9 Å². The van der Waals surface area contributed by atoms with Crippen LogP contribution in [0.2, 0.25) is 0 Å². The maximum Gasteiger partial charge on any atom is 0.236 e. The summed E-state index contributed by atoms with van der Waals surface area (Å²) >= 11 is 0. The Labute approximate surface area is 75.4 Å². The molecule has 12 heavy (non-hydrogen) atoms. The lowest BCUT2D eigenvalue weighted by Gasteiger charge is -1.87. The number of nitrogens with zero attached hydrogens (tertiary/aromatic N) is 1. The fourth-order valence-corrected chi connectivity index (χ4v) is 0.958. The fraction of sp³-hybridized carbons (Fsp3) is 0.500. The van der Waals surface area contributed by atoms with Crippen LogP contribution in [0.15, 0.2) is 16.9 Å². The summed E-state index contributed by atoms with van der Waals surface area (Å²) in [6.07, 6.45) is 1.82. The van der Waals surface area contributed by atoms with E-state index in [9.17, 15) is 12.8 Å². The standard InChI is InChI=1S/C6H9ClFNO2S/c1-2-9-5-6(8)3-4-12(7,10)11/h3,5H,2,4H2,1H3/b6-3+,9-5?. The molecule has 0 aliphatic rings. The predicted octanol–water partition coefficient (Wildman–Crippen LogP) is 1.50. The van der Waals surface area contributed by atoms with Gasteiger partial charge in [0.1, 0.15) is 5.83 Å². The van der Waals surface area contributed by atoms with Crippen molar-refractivity contribution in [3.63, 3.8) is 0 Å².